The predicted molar refractivity (Wildman–Crippen MR) is 57.9 cm³/mol. The number of benzene rings is 1. The molecule has 0 saturated carbocycles. The molecule has 68 valence electrons. The Morgan fingerprint density at radius 3 is 2.77 bits per heavy atom. The molecule has 1 heteroatoms. The standard InChI is InChI=1S/C12H15N/c1-8-4-5-11-9(2)7-10(3)13-12(11)6-8/h4-7,10,13H,1-3H3. The maximum atomic E-state index is 3.45. The molecule has 0 aliphatic carbocycles. The summed E-state index contributed by atoms with van der Waals surface area (Å²) in [5.41, 5.74) is 5.30. The van der Waals surface area contributed by atoms with Gasteiger partial charge in [-0.25, -0.2) is 0 Å². The van der Waals surface area contributed by atoms with Gasteiger partial charge in [0, 0.05) is 17.3 Å². The minimum atomic E-state index is 0.453. The highest BCUT2D eigenvalue weighted by molar-refractivity contribution is 5.79. The summed E-state index contributed by atoms with van der Waals surface area (Å²) in [6, 6.07) is 7.01. The van der Waals surface area contributed by atoms with Gasteiger partial charge in [-0.05, 0) is 38.0 Å². The molecule has 0 saturated heterocycles. The SMILES string of the molecule is CC1=CC(C)Nc2cc(C)ccc21. The molecule has 0 radical (unpaired) electrons. The zero-order valence-corrected chi connectivity index (χ0v) is 8.39. The first-order valence-electron chi connectivity index (χ1n) is 4.73. The quantitative estimate of drug-likeness (QED) is 0.635. The maximum Gasteiger partial charge on any atom is 0.0423 e. The molecule has 2 rings (SSSR count). The normalized spacial score (nSPS) is 20.2. The molecule has 1 heterocycles. The molecule has 0 spiro atoms. The van der Waals surface area contributed by atoms with E-state index in [1.54, 1.807) is 0 Å². The summed E-state index contributed by atoms with van der Waals surface area (Å²) in [5.74, 6) is 0. The van der Waals surface area contributed by atoms with Gasteiger partial charge in [0.1, 0.15) is 0 Å². The van der Waals surface area contributed by atoms with Crippen LogP contribution in [0.25, 0.3) is 5.57 Å². The molecule has 1 aliphatic rings. The summed E-state index contributed by atoms with van der Waals surface area (Å²) in [5, 5.41) is 3.45. The van der Waals surface area contributed by atoms with Gasteiger partial charge in [-0.1, -0.05) is 18.2 Å². The molecule has 0 amide bonds. The van der Waals surface area contributed by atoms with E-state index in [9.17, 15) is 0 Å². The van der Waals surface area contributed by atoms with Crippen molar-refractivity contribution >= 4 is 11.3 Å². The lowest BCUT2D eigenvalue weighted by Gasteiger charge is -2.22. The van der Waals surface area contributed by atoms with Gasteiger partial charge < -0.3 is 5.32 Å². The number of hydrogen-bond donors (Lipinski definition) is 1. The summed E-state index contributed by atoms with van der Waals surface area (Å²) in [6.07, 6.45) is 2.26. The topological polar surface area (TPSA) is 12.0 Å². The summed E-state index contributed by atoms with van der Waals surface area (Å²) in [6.45, 7) is 6.47. The van der Waals surface area contributed by atoms with E-state index in [2.05, 4.69) is 50.4 Å². The Hall–Kier alpha value is -1.24. The van der Waals surface area contributed by atoms with Gasteiger partial charge in [0.05, 0.1) is 0 Å². The highest BCUT2D eigenvalue weighted by Gasteiger charge is 2.12. The molecule has 1 aromatic carbocycles. The number of nitrogens with one attached hydrogen (secondary N) is 1. The van der Waals surface area contributed by atoms with Crippen LogP contribution in [-0.2, 0) is 0 Å². The third-order valence-electron chi connectivity index (χ3n) is 2.48. The highest BCUT2D eigenvalue weighted by atomic mass is 14.9. The van der Waals surface area contributed by atoms with Crippen LogP contribution in [0.2, 0.25) is 0 Å². The number of rotatable bonds is 0. The van der Waals surface area contributed by atoms with Crippen LogP contribution >= 0.6 is 0 Å². The highest BCUT2D eigenvalue weighted by Crippen LogP contribution is 2.29. The van der Waals surface area contributed by atoms with Gasteiger partial charge in [0.2, 0.25) is 0 Å². The van der Waals surface area contributed by atoms with Crippen molar-refractivity contribution in [2.45, 2.75) is 26.8 Å². The number of anilines is 1. The second-order valence-electron chi connectivity index (χ2n) is 3.83. The Labute approximate surface area is 79.5 Å². The fourth-order valence-corrected chi connectivity index (χ4v) is 1.87. The number of hydrogen-bond acceptors (Lipinski definition) is 1. The van der Waals surface area contributed by atoms with E-state index in [1.165, 1.54) is 22.4 Å². The molecule has 1 unspecified atom stereocenters. The Morgan fingerprint density at radius 1 is 1.23 bits per heavy atom. The van der Waals surface area contributed by atoms with E-state index in [0.717, 1.165) is 0 Å². The van der Waals surface area contributed by atoms with Crippen molar-refractivity contribution in [1.82, 2.24) is 0 Å². The van der Waals surface area contributed by atoms with Crippen molar-refractivity contribution in [1.29, 1.82) is 0 Å². The third-order valence-corrected chi connectivity index (χ3v) is 2.48. The zero-order valence-electron chi connectivity index (χ0n) is 8.39. The Kier molecular flexibility index (Phi) is 1.87. The number of allylic oxidation sites excluding steroid dienone is 1. The van der Waals surface area contributed by atoms with Gasteiger partial charge in [0.25, 0.3) is 0 Å². The second kappa shape index (κ2) is 2.91. The molecule has 0 aromatic heterocycles. The van der Waals surface area contributed by atoms with E-state index in [4.69, 9.17) is 0 Å². The van der Waals surface area contributed by atoms with Crippen molar-refractivity contribution < 1.29 is 0 Å². The molecular weight excluding hydrogens is 158 g/mol. The lowest BCUT2D eigenvalue weighted by atomic mass is 9.97. The van der Waals surface area contributed by atoms with Crippen LogP contribution in [-0.4, -0.2) is 6.04 Å². The summed E-state index contributed by atoms with van der Waals surface area (Å²) in [4.78, 5) is 0. The van der Waals surface area contributed by atoms with Crippen LogP contribution < -0.4 is 5.32 Å². The monoisotopic (exact) mass is 173 g/mol. The van der Waals surface area contributed by atoms with Gasteiger partial charge in [-0.15, -0.1) is 0 Å². The van der Waals surface area contributed by atoms with Crippen LogP contribution in [0.5, 0.6) is 0 Å². The lowest BCUT2D eigenvalue weighted by molar-refractivity contribution is 0.983. The Morgan fingerprint density at radius 2 is 2.00 bits per heavy atom. The summed E-state index contributed by atoms with van der Waals surface area (Å²) >= 11 is 0. The van der Waals surface area contributed by atoms with Crippen LogP contribution in [0, 0.1) is 6.92 Å². The van der Waals surface area contributed by atoms with Gasteiger partial charge in [0.15, 0.2) is 0 Å². The molecule has 0 fully saturated rings. The van der Waals surface area contributed by atoms with E-state index in [-0.39, 0.29) is 0 Å². The fourth-order valence-electron chi connectivity index (χ4n) is 1.87. The lowest BCUT2D eigenvalue weighted by Crippen LogP contribution is -2.17. The van der Waals surface area contributed by atoms with Crippen molar-refractivity contribution in [3.8, 4) is 0 Å². The fraction of sp³-hybridized carbons (Fsp3) is 0.333. The molecule has 1 atom stereocenters. The Bertz CT molecular complexity index is 363. The first kappa shape index (κ1) is 8.36. The maximum absolute atomic E-state index is 3.45. The van der Waals surface area contributed by atoms with Gasteiger partial charge in [-0.2, -0.15) is 0 Å². The van der Waals surface area contributed by atoms with Crippen molar-refractivity contribution in [2.75, 3.05) is 5.32 Å². The van der Waals surface area contributed by atoms with Crippen molar-refractivity contribution in [2.24, 2.45) is 0 Å². The molecule has 1 nitrogen and oxygen atoms in total. The van der Waals surface area contributed by atoms with E-state index in [1.807, 2.05) is 0 Å². The molecule has 1 aliphatic heterocycles. The number of aryl methyl sites for hydroxylation is 1. The molecule has 0 bridgehead atoms. The predicted octanol–water partition coefficient (Wildman–Crippen LogP) is 3.21. The van der Waals surface area contributed by atoms with Crippen LogP contribution in [0.1, 0.15) is 25.0 Å². The average Bonchev–Trinajstić information content (AvgIpc) is 2.02. The largest absolute Gasteiger partial charge is 0.379 e. The molecule has 1 N–H and O–H groups in total. The minimum absolute atomic E-state index is 0.453. The first-order valence-corrected chi connectivity index (χ1v) is 4.73. The minimum Gasteiger partial charge on any atom is -0.379 e. The summed E-state index contributed by atoms with van der Waals surface area (Å²) < 4.78 is 0. The van der Waals surface area contributed by atoms with Crippen LogP contribution in [0.4, 0.5) is 5.69 Å². The van der Waals surface area contributed by atoms with E-state index in [0.29, 0.717) is 6.04 Å². The van der Waals surface area contributed by atoms with Crippen LogP contribution in [0.3, 0.4) is 0 Å². The Balaban J connectivity index is 2.54. The van der Waals surface area contributed by atoms with Gasteiger partial charge in [-0.3, -0.25) is 0 Å². The molecular formula is C12H15N. The van der Waals surface area contributed by atoms with Gasteiger partial charge >= 0.3 is 0 Å². The molecule has 1 aromatic rings. The summed E-state index contributed by atoms with van der Waals surface area (Å²) in [7, 11) is 0. The first-order chi connectivity index (χ1) is 6.16. The van der Waals surface area contributed by atoms with E-state index < -0.39 is 0 Å². The van der Waals surface area contributed by atoms with Crippen molar-refractivity contribution in [3.05, 3.63) is 35.4 Å². The second-order valence-corrected chi connectivity index (χ2v) is 3.83. The average molecular weight is 173 g/mol. The number of fused-ring (bicyclic) bond motifs is 1. The third kappa shape index (κ3) is 1.46. The van der Waals surface area contributed by atoms with Crippen molar-refractivity contribution in [3.63, 3.8) is 0 Å². The van der Waals surface area contributed by atoms with Crippen LogP contribution in [0.15, 0.2) is 24.3 Å². The van der Waals surface area contributed by atoms with E-state index >= 15 is 0 Å². The smallest absolute Gasteiger partial charge is 0.0423 e. The zero-order chi connectivity index (χ0) is 9.42. The molecule has 13 heavy (non-hydrogen) atoms.